The van der Waals surface area contributed by atoms with Crippen molar-refractivity contribution in [3.8, 4) is 0 Å². The summed E-state index contributed by atoms with van der Waals surface area (Å²) in [6, 6.07) is 14.3. The van der Waals surface area contributed by atoms with Gasteiger partial charge in [-0.3, -0.25) is 0 Å². The average molecular weight is 284 g/mol. The Kier molecular flexibility index (Phi) is 4.40. The number of benzene rings is 2. The zero-order valence-corrected chi connectivity index (χ0v) is 12.9. The smallest absolute Gasteiger partial charge is 0.106 e. The van der Waals surface area contributed by atoms with E-state index >= 15 is 0 Å². The summed E-state index contributed by atoms with van der Waals surface area (Å²) in [5.41, 5.74) is 11.2. The van der Waals surface area contributed by atoms with Gasteiger partial charge < -0.3 is 11.1 Å². The van der Waals surface area contributed by atoms with Crippen LogP contribution in [0, 0.1) is 6.92 Å². The van der Waals surface area contributed by atoms with Crippen molar-refractivity contribution in [1.82, 2.24) is 0 Å². The van der Waals surface area contributed by atoms with Crippen LogP contribution in [0.25, 0.3) is 0 Å². The van der Waals surface area contributed by atoms with Crippen LogP contribution in [0.2, 0.25) is 0 Å². The van der Waals surface area contributed by atoms with Crippen LogP contribution in [0.1, 0.15) is 36.5 Å². The third-order valence-electron chi connectivity index (χ3n) is 3.38. The largest absolute Gasteiger partial charge is 0.389 e. The molecule has 0 bridgehead atoms. The van der Waals surface area contributed by atoms with E-state index in [0.29, 0.717) is 10.9 Å². The second-order valence-corrected chi connectivity index (χ2v) is 5.67. The van der Waals surface area contributed by atoms with Crippen molar-refractivity contribution in [2.75, 3.05) is 5.32 Å². The number of para-hydroxylation sites is 2. The van der Waals surface area contributed by atoms with E-state index < -0.39 is 0 Å². The number of rotatable bonds is 4. The molecule has 3 N–H and O–H groups in total. The molecular weight excluding hydrogens is 264 g/mol. The van der Waals surface area contributed by atoms with E-state index in [1.165, 1.54) is 5.56 Å². The molecule has 0 aromatic heterocycles. The van der Waals surface area contributed by atoms with Gasteiger partial charge in [-0.1, -0.05) is 56.4 Å². The zero-order chi connectivity index (χ0) is 14.7. The summed E-state index contributed by atoms with van der Waals surface area (Å²) in [4.78, 5) is 0.415. The number of hydrogen-bond donors (Lipinski definition) is 2. The van der Waals surface area contributed by atoms with Gasteiger partial charge in [-0.05, 0) is 36.1 Å². The molecule has 0 aliphatic heterocycles. The van der Waals surface area contributed by atoms with Crippen LogP contribution < -0.4 is 11.1 Å². The lowest BCUT2D eigenvalue weighted by Crippen LogP contribution is -2.13. The van der Waals surface area contributed by atoms with E-state index in [0.717, 1.165) is 22.5 Å². The van der Waals surface area contributed by atoms with Gasteiger partial charge in [-0.2, -0.15) is 0 Å². The number of aryl methyl sites for hydroxylation is 1. The summed E-state index contributed by atoms with van der Waals surface area (Å²) >= 11 is 5.15. The highest BCUT2D eigenvalue weighted by molar-refractivity contribution is 7.80. The summed E-state index contributed by atoms with van der Waals surface area (Å²) in [6.45, 7) is 6.43. The standard InChI is InChI=1S/C17H20N2S/c1-11(2)13-8-4-5-10-15(13)19-16-12(3)7-6-9-14(16)17(18)20/h4-11,19H,1-3H3,(H2,18,20). The SMILES string of the molecule is Cc1cccc(C(N)=S)c1Nc1ccccc1C(C)C. The van der Waals surface area contributed by atoms with Crippen LogP contribution in [0.5, 0.6) is 0 Å². The van der Waals surface area contributed by atoms with Crippen molar-refractivity contribution >= 4 is 28.6 Å². The van der Waals surface area contributed by atoms with Crippen LogP contribution in [0.4, 0.5) is 11.4 Å². The molecule has 0 heterocycles. The Morgan fingerprint density at radius 3 is 2.45 bits per heavy atom. The van der Waals surface area contributed by atoms with Gasteiger partial charge in [0.1, 0.15) is 4.99 Å². The molecule has 104 valence electrons. The van der Waals surface area contributed by atoms with Gasteiger partial charge >= 0.3 is 0 Å². The van der Waals surface area contributed by atoms with Crippen LogP contribution >= 0.6 is 12.2 Å². The Hall–Kier alpha value is -1.87. The Labute approximate surface area is 126 Å². The number of anilines is 2. The topological polar surface area (TPSA) is 38.0 Å². The number of nitrogens with two attached hydrogens (primary N) is 1. The molecule has 0 fully saturated rings. The molecule has 0 aliphatic carbocycles. The predicted octanol–water partition coefficient (Wildman–Crippen LogP) is 4.50. The molecule has 2 nitrogen and oxygen atoms in total. The van der Waals surface area contributed by atoms with Crippen molar-refractivity contribution in [1.29, 1.82) is 0 Å². The lowest BCUT2D eigenvalue weighted by molar-refractivity contribution is 0.869. The van der Waals surface area contributed by atoms with Crippen LogP contribution in [-0.2, 0) is 0 Å². The summed E-state index contributed by atoms with van der Waals surface area (Å²) in [7, 11) is 0. The second-order valence-electron chi connectivity index (χ2n) is 5.23. The number of hydrogen-bond acceptors (Lipinski definition) is 2. The molecule has 0 saturated carbocycles. The van der Waals surface area contributed by atoms with Crippen molar-refractivity contribution in [3.63, 3.8) is 0 Å². The van der Waals surface area contributed by atoms with E-state index in [1.54, 1.807) is 0 Å². The monoisotopic (exact) mass is 284 g/mol. The average Bonchev–Trinajstić information content (AvgIpc) is 2.41. The van der Waals surface area contributed by atoms with Gasteiger partial charge in [0.25, 0.3) is 0 Å². The first-order valence-corrected chi connectivity index (χ1v) is 7.17. The van der Waals surface area contributed by atoms with Crippen molar-refractivity contribution in [3.05, 3.63) is 59.2 Å². The molecule has 0 spiro atoms. The maximum absolute atomic E-state index is 5.83. The normalized spacial score (nSPS) is 10.6. The minimum atomic E-state index is 0.415. The molecule has 0 radical (unpaired) electrons. The first-order valence-electron chi connectivity index (χ1n) is 6.76. The fraction of sp³-hybridized carbons (Fsp3) is 0.235. The fourth-order valence-electron chi connectivity index (χ4n) is 2.29. The number of nitrogens with one attached hydrogen (secondary N) is 1. The van der Waals surface area contributed by atoms with Crippen LogP contribution in [0.15, 0.2) is 42.5 Å². The maximum Gasteiger partial charge on any atom is 0.106 e. The Balaban J connectivity index is 2.48. The van der Waals surface area contributed by atoms with Crippen molar-refractivity contribution < 1.29 is 0 Å². The summed E-state index contributed by atoms with van der Waals surface area (Å²) in [5, 5.41) is 3.50. The van der Waals surface area contributed by atoms with Crippen LogP contribution in [0.3, 0.4) is 0 Å². The summed E-state index contributed by atoms with van der Waals surface area (Å²) < 4.78 is 0. The minimum Gasteiger partial charge on any atom is -0.389 e. The lowest BCUT2D eigenvalue weighted by Gasteiger charge is -2.18. The Morgan fingerprint density at radius 1 is 1.10 bits per heavy atom. The van der Waals surface area contributed by atoms with Crippen molar-refractivity contribution in [2.24, 2.45) is 5.73 Å². The van der Waals surface area contributed by atoms with E-state index in [1.807, 2.05) is 18.2 Å². The summed E-state index contributed by atoms with van der Waals surface area (Å²) in [6.07, 6.45) is 0. The highest BCUT2D eigenvalue weighted by atomic mass is 32.1. The third kappa shape index (κ3) is 2.99. The first kappa shape index (κ1) is 14.5. The molecule has 0 saturated heterocycles. The Bertz CT molecular complexity index is 633. The fourth-order valence-corrected chi connectivity index (χ4v) is 2.46. The van der Waals surface area contributed by atoms with E-state index in [2.05, 4.69) is 50.4 Å². The molecule has 0 atom stereocenters. The minimum absolute atomic E-state index is 0.415. The molecule has 3 heteroatoms. The zero-order valence-electron chi connectivity index (χ0n) is 12.1. The predicted molar refractivity (Wildman–Crippen MR) is 90.9 cm³/mol. The first-order chi connectivity index (χ1) is 9.50. The molecule has 2 aromatic rings. The maximum atomic E-state index is 5.83. The molecular formula is C17H20N2S. The van der Waals surface area contributed by atoms with E-state index in [4.69, 9.17) is 18.0 Å². The van der Waals surface area contributed by atoms with Gasteiger partial charge in [-0.15, -0.1) is 0 Å². The second kappa shape index (κ2) is 6.06. The van der Waals surface area contributed by atoms with Gasteiger partial charge in [-0.25, -0.2) is 0 Å². The van der Waals surface area contributed by atoms with Gasteiger partial charge in [0, 0.05) is 11.3 Å². The van der Waals surface area contributed by atoms with Gasteiger partial charge in [0.15, 0.2) is 0 Å². The summed E-state index contributed by atoms with van der Waals surface area (Å²) in [5.74, 6) is 0.455. The Morgan fingerprint density at radius 2 is 1.80 bits per heavy atom. The lowest BCUT2D eigenvalue weighted by atomic mass is 10.00. The molecule has 20 heavy (non-hydrogen) atoms. The van der Waals surface area contributed by atoms with Gasteiger partial charge in [0.2, 0.25) is 0 Å². The quantitative estimate of drug-likeness (QED) is 0.812. The molecule has 0 amide bonds. The van der Waals surface area contributed by atoms with Crippen molar-refractivity contribution in [2.45, 2.75) is 26.7 Å². The molecule has 2 aromatic carbocycles. The highest BCUT2D eigenvalue weighted by Gasteiger charge is 2.11. The molecule has 0 aliphatic rings. The van der Waals surface area contributed by atoms with E-state index in [-0.39, 0.29) is 0 Å². The van der Waals surface area contributed by atoms with E-state index in [9.17, 15) is 0 Å². The molecule has 2 rings (SSSR count). The van der Waals surface area contributed by atoms with Crippen LogP contribution in [-0.4, -0.2) is 4.99 Å². The molecule has 0 unspecified atom stereocenters. The number of thiocarbonyl (C=S) groups is 1. The highest BCUT2D eigenvalue weighted by Crippen LogP contribution is 2.30. The third-order valence-corrected chi connectivity index (χ3v) is 3.60. The van der Waals surface area contributed by atoms with Gasteiger partial charge in [0.05, 0.1) is 5.69 Å².